The Morgan fingerprint density at radius 2 is 2.22 bits per heavy atom. The van der Waals surface area contributed by atoms with Crippen molar-refractivity contribution in [3.8, 4) is 0 Å². The van der Waals surface area contributed by atoms with E-state index in [1.165, 1.54) is 4.31 Å². The summed E-state index contributed by atoms with van der Waals surface area (Å²) in [4.78, 5) is 11.8. The Bertz CT molecular complexity index is 369. The van der Waals surface area contributed by atoms with E-state index in [9.17, 15) is 13.2 Å². The molecule has 6 nitrogen and oxygen atoms in total. The van der Waals surface area contributed by atoms with Gasteiger partial charge in [0.1, 0.15) is 6.04 Å². The van der Waals surface area contributed by atoms with Gasteiger partial charge < -0.3 is 10.4 Å². The van der Waals surface area contributed by atoms with Crippen molar-refractivity contribution in [1.29, 1.82) is 0 Å². The van der Waals surface area contributed by atoms with Gasteiger partial charge in [-0.3, -0.25) is 4.79 Å². The summed E-state index contributed by atoms with van der Waals surface area (Å²) in [6, 6.07) is -0.599. The number of hydrogen-bond donors (Lipinski definition) is 2. The molecule has 1 rings (SSSR count). The summed E-state index contributed by atoms with van der Waals surface area (Å²) in [6.45, 7) is 2.38. The number of aliphatic hydroxyl groups is 1. The summed E-state index contributed by atoms with van der Waals surface area (Å²) in [7, 11) is -3.33. The van der Waals surface area contributed by atoms with Gasteiger partial charge in [-0.15, -0.1) is 0 Å². The first kappa shape index (κ1) is 15.4. The fourth-order valence-electron chi connectivity index (χ4n) is 2.08. The molecule has 1 aliphatic rings. The van der Waals surface area contributed by atoms with Crippen molar-refractivity contribution in [3.63, 3.8) is 0 Å². The number of amides is 1. The Kier molecular flexibility index (Phi) is 6.04. The average Bonchev–Trinajstić information content (AvgIpc) is 2.83. The van der Waals surface area contributed by atoms with E-state index in [1.54, 1.807) is 0 Å². The number of nitrogens with one attached hydrogen (secondary N) is 1. The van der Waals surface area contributed by atoms with Crippen LogP contribution in [-0.2, 0) is 14.8 Å². The van der Waals surface area contributed by atoms with Crippen LogP contribution in [0.5, 0.6) is 0 Å². The molecule has 0 saturated carbocycles. The highest BCUT2D eigenvalue weighted by atomic mass is 32.2. The Labute approximate surface area is 108 Å². The van der Waals surface area contributed by atoms with Crippen molar-refractivity contribution in [2.24, 2.45) is 0 Å². The maximum atomic E-state index is 12.1. The molecule has 18 heavy (non-hydrogen) atoms. The minimum Gasteiger partial charge on any atom is -0.395 e. The molecule has 0 radical (unpaired) electrons. The Hall–Kier alpha value is -0.660. The van der Waals surface area contributed by atoms with Crippen LogP contribution in [0.4, 0.5) is 0 Å². The van der Waals surface area contributed by atoms with Gasteiger partial charge in [-0.1, -0.05) is 13.3 Å². The van der Waals surface area contributed by atoms with E-state index >= 15 is 0 Å². The summed E-state index contributed by atoms with van der Waals surface area (Å²) in [5.74, 6) is -0.200. The van der Waals surface area contributed by atoms with Crippen molar-refractivity contribution in [2.75, 3.05) is 25.4 Å². The van der Waals surface area contributed by atoms with Crippen LogP contribution >= 0.6 is 0 Å². The third-order valence-electron chi connectivity index (χ3n) is 3.03. The quantitative estimate of drug-likeness (QED) is 0.669. The minimum absolute atomic E-state index is 0.104. The predicted molar refractivity (Wildman–Crippen MR) is 68.5 cm³/mol. The lowest BCUT2D eigenvalue weighted by Gasteiger charge is -2.23. The van der Waals surface area contributed by atoms with Gasteiger partial charge in [0.25, 0.3) is 0 Å². The zero-order valence-corrected chi connectivity index (χ0v) is 11.6. The van der Waals surface area contributed by atoms with E-state index in [4.69, 9.17) is 5.11 Å². The van der Waals surface area contributed by atoms with Crippen LogP contribution in [0.1, 0.15) is 32.6 Å². The maximum absolute atomic E-state index is 12.1. The number of rotatable bonds is 7. The molecule has 0 aromatic heterocycles. The first-order valence-electron chi connectivity index (χ1n) is 6.41. The lowest BCUT2D eigenvalue weighted by atomic mass is 10.2. The topological polar surface area (TPSA) is 86.7 Å². The molecule has 1 aliphatic heterocycles. The largest absolute Gasteiger partial charge is 0.395 e. The summed E-state index contributed by atoms with van der Waals surface area (Å²) in [5, 5.41) is 11.2. The summed E-state index contributed by atoms with van der Waals surface area (Å²) >= 11 is 0. The second kappa shape index (κ2) is 7.06. The van der Waals surface area contributed by atoms with Crippen LogP contribution in [-0.4, -0.2) is 55.2 Å². The van der Waals surface area contributed by atoms with E-state index in [0.29, 0.717) is 25.8 Å². The molecule has 0 bridgehead atoms. The number of sulfonamides is 1. The maximum Gasteiger partial charge on any atom is 0.238 e. The summed E-state index contributed by atoms with van der Waals surface area (Å²) in [6.07, 6.45) is 2.70. The molecule has 1 heterocycles. The average molecular weight is 278 g/mol. The van der Waals surface area contributed by atoms with E-state index in [-0.39, 0.29) is 24.8 Å². The number of unbranched alkanes of at least 4 members (excludes halogenated alkanes) is 1. The fourth-order valence-corrected chi connectivity index (χ4v) is 3.96. The predicted octanol–water partition coefficient (Wildman–Crippen LogP) is -0.311. The van der Waals surface area contributed by atoms with Crippen LogP contribution in [0.15, 0.2) is 0 Å². The molecule has 0 aromatic carbocycles. The van der Waals surface area contributed by atoms with Gasteiger partial charge in [0.15, 0.2) is 0 Å². The van der Waals surface area contributed by atoms with E-state index in [0.717, 1.165) is 6.42 Å². The minimum atomic E-state index is -3.33. The molecule has 0 spiro atoms. The zero-order chi connectivity index (χ0) is 13.6. The lowest BCUT2D eigenvalue weighted by molar-refractivity contribution is -0.124. The Morgan fingerprint density at radius 1 is 1.50 bits per heavy atom. The molecule has 2 N–H and O–H groups in total. The molecule has 1 fully saturated rings. The summed E-state index contributed by atoms with van der Waals surface area (Å²) < 4.78 is 25.5. The van der Waals surface area contributed by atoms with Gasteiger partial charge in [0.2, 0.25) is 15.9 Å². The van der Waals surface area contributed by atoms with Crippen molar-refractivity contribution in [1.82, 2.24) is 9.62 Å². The molecule has 1 amide bonds. The molecule has 0 aromatic rings. The van der Waals surface area contributed by atoms with Gasteiger partial charge in [-0.05, 0) is 19.3 Å². The van der Waals surface area contributed by atoms with Crippen molar-refractivity contribution >= 4 is 15.9 Å². The number of hydrogen-bond acceptors (Lipinski definition) is 4. The van der Waals surface area contributed by atoms with Gasteiger partial charge >= 0.3 is 0 Å². The molecule has 1 atom stereocenters. The van der Waals surface area contributed by atoms with Crippen LogP contribution < -0.4 is 5.32 Å². The number of nitrogens with zero attached hydrogens (tertiary/aromatic N) is 1. The van der Waals surface area contributed by atoms with Gasteiger partial charge in [0.05, 0.1) is 12.4 Å². The molecule has 106 valence electrons. The van der Waals surface area contributed by atoms with Gasteiger partial charge in [0, 0.05) is 13.1 Å². The van der Waals surface area contributed by atoms with Gasteiger partial charge in [-0.2, -0.15) is 4.31 Å². The second-order valence-electron chi connectivity index (χ2n) is 4.45. The number of carbonyl (C=O) groups excluding carboxylic acids is 1. The van der Waals surface area contributed by atoms with Crippen LogP contribution in [0.3, 0.4) is 0 Å². The fraction of sp³-hybridized carbons (Fsp3) is 0.909. The van der Waals surface area contributed by atoms with Crippen LogP contribution in [0.2, 0.25) is 0 Å². The van der Waals surface area contributed by atoms with Crippen LogP contribution in [0.25, 0.3) is 0 Å². The zero-order valence-electron chi connectivity index (χ0n) is 10.8. The highest BCUT2D eigenvalue weighted by Crippen LogP contribution is 2.22. The first-order valence-corrected chi connectivity index (χ1v) is 8.02. The molecular formula is C11H22N2O4S. The molecular weight excluding hydrogens is 256 g/mol. The molecule has 0 aliphatic carbocycles. The second-order valence-corrected chi connectivity index (χ2v) is 6.49. The highest BCUT2D eigenvalue weighted by molar-refractivity contribution is 7.89. The standard InChI is InChI=1S/C11H22N2O4S/c1-2-3-9-18(16,17)13-7-4-5-10(13)11(15)12-6-8-14/h10,14H,2-9H2,1H3,(H,12,15). The third-order valence-corrected chi connectivity index (χ3v) is 4.99. The Balaban J connectivity index is 2.66. The normalized spacial score (nSPS) is 21.1. The monoisotopic (exact) mass is 278 g/mol. The van der Waals surface area contributed by atoms with Crippen molar-refractivity contribution < 1.29 is 18.3 Å². The number of carbonyl (C=O) groups is 1. The van der Waals surface area contributed by atoms with Crippen LogP contribution in [0, 0.1) is 0 Å². The Morgan fingerprint density at radius 3 is 2.83 bits per heavy atom. The highest BCUT2D eigenvalue weighted by Gasteiger charge is 2.37. The SMILES string of the molecule is CCCCS(=O)(=O)N1CCCC1C(=O)NCCO. The first-order chi connectivity index (χ1) is 8.53. The molecule has 1 saturated heterocycles. The molecule has 7 heteroatoms. The lowest BCUT2D eigenvalue weighted by Crippen LogP contribution is -2.47. The third kappa shape index (κ3) is 3.93. The van der Waals surface area contributed by atoms with E-state index < -0.39 is 16.1 Å². The van der Waals surface area contributed by atoms with E-state index in [1.807, 2.05) is 6.92 Å². The van der Waals surface area contributed by atoms with Crippen molar-refractivity contribution in [2.45, 2.75) is 38.6 Å². The van der Waals surface area contributed by atoms with Crippen molar-refractivity contribution in [3.05, 3.63) is 0 Å². The molecule has 1 unspecified atom stereocenters. The smallest absolute Gasteiger partial charge is 0.238 e. The van der Waals surface area contributed by atoms with Gasteiger partial charge in [-0.25, -0.2) is 8.42 Å². The van der Waals surface area contributed by atoms with E-state index in [2.05, 4.69) is 5.32 Å². The number of aliphatic hydroxyl groups excluding tert-OH is 1. The summed E-state index contributed by atoms with van der Waals surface area (Å²) in [5.41, 5.74) is 0.